The van der Waals surface area contributed by atoms with Gasteiger partial charge in [-0.25, -0.2) is 0 Å². The molecule has 0 heterocycles. The zero-order chi connectivity index (χ0) is 15.2. The first kappa shape index (κ1) is 15.1. The molecule has 1 amide bonds. The lowest BCUT2D eigenvalue weighted by Gasteiger charge is -2.10. The zero-order valence-corrected chi connectivity index (χ0v) is 12.9. The van der Waals surface area contributed by atoms with E-state index < -0.39 is 0 Å². The molecule has 0 saturated carbocycles. The van der Waals surface area contributed by atoms with E-state index in [0.717, 1.165) is 23.4 Å². The zero-order valence-electron chi connectivity index (χ0n) is 12.9. The van der Waals surface area contributed by atoms with Crippen LogP contribution in [0.5, 0.6) is 0 Å². The highest BCUT2D eigenvalue weighted by atomic mass is 16.1. The molecule has 3 heteroatoms. The summed E-state index contributed by atoms with van der Waals surface area (Å²) in [7, 11) is 0. The molecule has 0 unspecified atom stereocenters. The summed E-state index contributed by atoms with van der Waals surface area (Å²) in [4.78, 5) is 12.2. The van der Waals surface area contributed by atoms with Gasteiger partial charge in [0.2, 0.25) is 0 Å². The summed E-state index contributed by atoms with van der Waals surface area (Å²) in [6.45, 7) is 7.54. The molecule has 0 aliphatic carbocycles. The van der Waals surface area contributed by atoms with Crippen molar-refractivity contribution < 1.29 is 4.79 Å². The van der Waals surface area contributed by atoms with Gasteiger partial charge < -0.3 is 10.6 Å². The maximum absolute atomic E-state index is 12.2. The van der Waals surface area contributed by atoms with Crippen LogP contribution in [0.15, 0.2) is 42.5 Å². The van der Waals surface area contributed by atoms with Gasteiger partial charge in [-0.3, -0.25) is 4.79 Å². The minimum absolute atomic E-state index is 0.0392. The number of amides is 1. The lowest BCUT2D eigenvalue weighted by Crippen LogP contribution is -2.23. The normalized spacial score (nSPS) is 10.2. The largest absolute Gasteiger partial charge is 0.385 e. The summed E-state index contributed by atoms with van der Waals surface area (Å²) in [5, 5.41) is 6.24. The van der Waals surface area contributed by atoms with Crippen molar-refractivity contribution in [3.8, 4) is 0 Å². The van der Waals surface area contributed by atoms with Crippen molar-refractivity contribution in [2.24, 2.45) is 0 Å². The van der Waals surface area contributed by atoms with E-state index in [2.05, 4.69) is 23.6 Å². The molecular weight excluding hydrogens is 260 g/mol. The number of carbonyl (C=O) groups excluding carboxylic acids is 1. The van der Waals surface area contributed by atoms with Crippen molar-refractivity contribution in [3.05, 3.63) is 64.7 Å². The van der Waals surface area contributed by atoms with Crippen molar-refractivity contribution in [1.82, 2.24) is 5.32 Å². The second kappa shape index (κ2) is 6.93. The number of benzene rings is 2. The van der Waals surface area contributed by atoms with Gasteiger partial charge in [0.15, 0.2) is 0 Å². The number of carbonyl (C=O) groups is 1. The maximum atomic E-state index is 12.2. The van der Waals surface area contributed by atoms with E-state index in [1.165, 1.54) is 5.56 Å². The van der Waals surface area contributed by atoms with E-state index in [0.29, 0.717) is 12.1 Å². The second-order valence-electron chi connectivity index (χ2n) is 5.23. The molecule has 0 aliphatic rings. The van der Waals surface area contributed by atoms with Crippen LogP contribution in [0.3, 0.4) is 0 Å². The van der Waals surface area contributed by atoms with Gasteiger partial charge in [-0.2, -0.15) is 0 Å². The first-order valence-corrected chi connectivity index (χ1v) is 7.28. The Labute approximate surface area is 126 Å². The topological polar surface area (TPSA) is 41.1 Å². The minimum Gasteiger partial charge on any atom is -0.385 e. The molecule has 0 bridgehead atoms. The van der Waals surface area contributed by atoms with Crippen LogP contribution in [0.1, 0.15) is 34.0 Å². The maximum Gasteiger partial charge on any atom is 0.251 e. The van der Waals surface area contributed by atoms with Gasteiger partial charge in [0.25, 0.3) is 5.91 Å². The van der Waals surface area contributed by atoms with Crippen LogP contribution in [-0.4, -0.2) is 12.5 Å². The number of hydrogen-bond acceptors (Lipinski definition) is 2. The monoisotopic (exact) mass is 282 g/mol. The highest BCUT2D eigenvalue weighted by molar-refractivity contribution is 5.94. The summed E-state index contributed by atoms with van der Waals surface area (Å²) in [6, 6.07) is 13.9. The van der Waals surface area contributed by atoms with E-state index >= 15 is 0 Å². The quantitative estimate of drug-likeness (QED) is 0.878. The first-order valence-electron chi connectivity index (χ1n) is 7.28. The number of anilines is 1. The smallest absolute Gasteiger partial charge is 0.251 e. The fourth-order valence-electron chi connectivity index (χ4n) is 2.30. The summed E-state index contributed by atoms with van der Waals surface area (Å²) < 4.78 is 0. The van der Waals surface area contributed by atoms with Crippen LogP contribution < -0.4 is 10.6 Å². The third-order valence-corrected chi connectivity index (χ3v) is 3.39. The van der Waals surface area contributed by atoms with Crippen molar-refractivity contribution in [1.29, 1.82) is 0 Å². The Morgan fingerprint density at radius 3 is 2.57 bits per heavy atom. The van der Waals surface area contributed by atoms with E-state index in [4.69, 9.17) is 0 Å². The standard InChI is InChI=1S/C18H22N2O/c1-4-19-17-9-8-16(11-14(17)3)18(21)20-12-15-7-5-6-13(2)10-15/h5-11,19H,4,12H2,1-3H3,(H,20,21). The van der Waals surface area contributed by atoms with Crippen LogP contribution in [0, 0.1) is 13.8 Å². The van der Waals surface area contributed by atoms with E-state index in [-0.39, 0.29) is 5.91 Å². The molecule has 0 fully saturated rings. The van der Waals surface area contributed by atoms with Gasteiger partial charge in [-0.15, -0.1) is 0 Å². The van der Waals surface area contributed by atoms with Crippen LogP contribution in [0.25, 0.3) is 0 Å². The molecule has 2 aromatic rings. The van der Waals surface area contributed by atoms with Gasteiger partial charge >= 0.3 is 0 Å². The van der Waals surface area contributed by atoms with Gasteiger partial charge in [0.1, 0.15) is 0 Å². The minimum atomic E-state index is -0.0392. The van der Waals surface area contributed by atoms with Gasteiger partial charge in [0.05, 0.1) is 0 Å². The highest BCUT2D eigenvalue weighted by Gasteiger charge is 2.07. The Kier molecular flexibility index (Phi) is 4.99. The highest BCUT2D eigenvalue weighted by Crippen LogP contribution is 2.16. The Hall–Kier alpha value is -2.29. The Balaban J connectivity index is 2.02. The van der Waals surface area contributed by atoms with Crippen LogP contribution >= 0.6 is 0 Å². The Morgan fingerprint density at radius 1 is 1.10 bits per heavy atom. The lowest BCUT2D eigenvalue weighted by molar-refractivity contribution is 0.0951. The van der Waals surface area contributed by atoms with Crippen molar-refractivity contribution in [2.45, 2.75) is 27.3 Å². The molecular formula is C18H22N2O. The molecule has 110 valence electrons. The number of aryl methyl sites for hydroxylation is 2. The van der Waals surface area contributed by atoms with E-state index in [1.807, 2.05) is 50.2 Å². The van der Waals surface area contributed by atoms with Gasteiger partial charge in [-0.05, 0) is 50.1 Å². The number of rotatable bonds is 5. The predicted molar refractivity (Wildman–Crippen MR) is 87.7 cm³/mol. The molecule has 0 aliphatic heterocycles. The van der Waals surface area contributed by atoms with Crippen LogP contribution in [0.2, 0.25) is 0 Å². The summed E-state index contributed by atoms with van der Waals surface area (Å²) in [5.41, 5.74) is 5.17. The van der Waals surface area contributed by atoms with E-state index in [1.54, 1.807) is 0 Å². The third kappa shape index (κ3) is 4.09. The summed E-state index contributed by atoms with van der Waals surface area (Å²) in [5.74, 6) is -0.0392. The molecule has 2 rings (SSSR count). The molecule has 0 aromatic heterocycles. The van der Waals surface area contributed by atoms with E-state index in [9.17, 15) is 4.79 Å². The molecule has 2 aromatic carbocycles. The third-order valence-electron chi connectivity index (χ3n) is 3.39. The number of hydrogen-bond donors (Lipinski definition) is 2. The van der Waals surface area contributed by atoms with Crippen molar-refractivity contribution in [2.75, 3.05) is 11.9 Å². The predicted octanol–water partition coefficient (Wildman–Crippen LogP) is 3.67. The van der Waals surface area contributed by atoms with Gasteiger partial charge in [0, 0.05) is 24.3 Å². The Morgan fingerprint density at radius 2 is 1.90 bits per heavy atom. The molecule has 3 nitrogen and oxygen atoms in total. The molecule has 21 heavy (non-hydrogen) atoms. The SMILES string of the molecule is CCNc1ccc(C(=O)NCc2cccc(C)c2)cc1C. The first-order chi connectivity index (χ1) is 10.1. The average Bonchev–Trinajstić information content (AvgIpc) is 2.47. The number of nitrogens with one attached hydrogen (secondary N) is 2. The molecule has 0 spiro atoms. The van der Waals surface area contributed by atoms with Crippen LogP contribution in [0.4, 0.5) is 5.69 Å². The lowest BCUT2D eigenvalue weighted by atomic mass is 10.1. The molecule has 0 radical (unpaired) electrons. The summed E-state index contributed by atoms with van der Waals surface area (Å²) >= 11 is 0. The van der Waals surface area contributed by atoms with Crippen molar-refractivity contribution in [3.63, 3.8) is 0 Å². The summed E-state index contributed by atoms with van der Waals surface area (Å²) in [6.07, 6.45) is 0. The average molecular weight is 282 g/mol. The second-order valence-corrected chi connectivity index (χ2v) is 5.23. The fraction of sp³-hybridized carbons (Fsp3) is 0.278. The Bertz CT molecular complexity index is 635. The van der Waals surface area contributed by atoms with Gasteiger partial charge in [-0.1, -0.05) is 29.8 Å². The molecule has 0 saturated heterocycles. The molecule has 2 N–H and O–H groups in total. The van der Waals surface area contributed by atoms with Crippen molar-refractivity contribution >= 4 is 11.6 Å². The van der Waals surface area contributed by atoms with Crippen LogP contribution in [-0.2, 0) is 6.54 Å². The fourth-order valence-corrected chi connectivity index (χ4v) is 2.30. The molecule has 0 atom stereocenters.